The van der Waals surface area contributed by atoms with Gasteiger partial charge in [0.15, 0.2) is 0 Å². The van der Waals surface area contributed by atoms with Crippen molar-refractivity contribution < 1.29 is 15.0 Å². The standard InChI is InChI=1S/C8H15NO3/c10-5-6-3-4-9-8(12)2-1-7(6)11/h6-7,10-11H,1-5H2,(H,9,12)/t6-,7+/m0/s1. The van der Waals surface area contributed by atoms with Crippen LogP contribution in [0.4, 0.5) is 0 Å². The van der Waals surface area contributed by atoms with Gasteiger partial charge in [-0.25, -0.2) is 0 Å². The van der Waals surface area contributed by atoms with Gasteiger partial charge in [0.1, 0.15) is 0 Å². The van der Waals surface area contributed by atoms with Gasteiger partial charge in [0.2, 0.25) is 5.91 Å². The molecule has 0 aromatic rings. The summed E-state index contributed by atoms with van der Waals surface area (Å²) < 4.78 is 0. The third kappa shape index (κ3) is 2.46. The van der Waals surface area contributed by atoms with Crippen molar-refractivity contribution in [1.82, 2.24) is 5.32 Å². The Morgan fingerprint density at radius 1 is 1.50 bits per heavy atom. The van der Waals surface area contributed by atoms with E-state index in [9.17, 15) is 9.90 Å². The summed E-state index contributed by atoms with van der Waals surface area (Å²) in [7, 11) is 0. The number of rotatable bonds is 1. The topological polar surface area (TPSA) is 69.6 Å². The summed E-state index contributed by atoms with van der Waals surface area (Å²) in [6, 6.07) is 0. The molecule has 0 spiro atoms. The van der Waals surface area contributed by atoms with Crippen LogP contribution in [0.2, 0.25) is 0 Å². The first-order valence-electron chi connectivity index (χ1n) is 4.29. The molecule has 4 heteroatoms. The highest BCUT2D eigenvalue weighted by atomic mass is 16.3. The van der Waals surface area contributed by atoms with Gasteiger partial charge in [-0.2, -0.15) is 0 Å². The highest BCUT2D eigenvalue weighted by molar-refractivity contribution is 5.75. The molecule has 0 radical (unpaired) electrons. The first kappa shape index (κ1) is 9.48. The van der Waals surface area contributed by atoms with Crippen LogP contribution in [0.15, 0.2) is 0 Å². The second kappa shape index (κ2) is 4.42. The van der Waals surface area contributed by atoms with E-state index in [0.29, 0.717) is 25.8 Å². The number of aliphatic hydroxyl groups is 2. The molecular formula is C8H15NO3. The van der Waals surface area contributed by atoms with E-state index >= 15 is 0 Å². The summed E-state index contributed by atoms with van der Waals surface area (Å²) in [5.41, 5.74) is 0. The smallest absolute Gasteiger partial charge is 0.220 e. The minimum atomic E-state index is -0.527. The van der Waals surface area contributed by atoms with E-state index in [0.717, 1.165) is 0 Å². The molecule has 0 aliphatic carbocycles. The maximum Gasteiger partial charge on any atom is 0.220 e. The van der Waals surface area contributed by atoms with Crippen molar-refractivity contribution in [2.75, 3.05) is 13.2 Å². The molecule has 1 aliphatic rings. The summed E-state index contributed by atoms with van der Waals surface area (Å²) in [5.74, 6) is -0.0870. The van der Waals surface area contributed by atoms with Gasteiger partial charge in [0.05, 0.1) is 6.10 Å². The van der Waals surface area contributed by atoms with Gasteiger partial charge < -0.3 is 15.5 Å². The van der Waals surface area contributed by atoms with Crippen molar-refractivity contribution in [3.63, 3.8) is 0 Å². The fourth-order valence-corrected chi connectivity index (χ4v) is 1.41. The average Bonchev–Trinajstić information content (AvgIpc) is 2.06. The largest absolute Gasteiger partial charge is 0.396 e. The summed E-state index contributed by atoms with van der Waals surface area (Å²) in [6.45, 7) is 0.554. The number of amides is 1. The maximum absolute atomic E-state index is 10.9. The van der Waals surface area contributed by atoms with E-state index in [1.807, 2.05) is 0 Å². The first-order chi connectivity index (χ1) is 5.74. The number of hydrogen-bond donors (Lipinski definition) is 3. The minimum absolute atomic E-state index is 0.00294. The number of aliphatic hydroxyl groups excluding tert-OH is 2. The molecule has 1 heterocycles. The van der Waals surface area contributed by atoms with E-state index < -0.39 is 6.10 Å². The van der Waals surface area contributed by atoms with E-state index in [-0.39, 0.29) is 18.4 Å². The zero-order valence-corrected chi connectivity index (χ0v) is 6.99. The van der Waals surface area contributed by atoms with Gasteiger partial charge in [0, 0.05) is 25.5 Å². The quantitative estimate of drug-likeness (QED) is 0.489. The molecule has 0 unspecified atom stereocenters. The lowest BCUT2D eigenvalue weighted by molar-refractivity contribution is -0.122. The first-order valence-corrected chi connectivity index (χ1v) is 4.29. The minimum Gasteiger partial charge on any atom is -0.396 e. The Morgan fingerprint density at radius 2 is 2.25 bits per heavy atom. The van der Waals surface area contributed by atoms with Crippen molar-refractivity contribution in [3.05, 3.63) is 0 Å². The molecule has 1 saturated heterocycles. The fourth-order valence-electron chi connectivity index (χ4n) is 1.41. The molecule has 1 fully saturated rings. The molecule has 4 nitrogen and oxygen atoms in total. The van der Waals surface area contributed by atoms with Crippen molar-refractivity contribution >= 4 is 5.91 Å². The summed E-state index contributed by atoms with van der Waals surface area (Å²) >= 11 is 0. The van der Waals surface area contributed by atoms with Crippen LogP contribution in [0.25, 0.3) is 0 Å². The summed E-state index contributed by atoms with van der Waals surface area (Å²) in [5, 5.41) is 21.0. The molecule has 2 atom stereocenters. The van der Waals surface area contributed by atoms with Crippen LogP contribution in [0.5, 0.6) is 0 Å². The van der Waals surface area contributed by atoms with E-state index in [1.165, 1.54) is 0 Å². The summed E-state index contributed by atoms with van der Waals surface area (Å²) in [4.78, 5) is 10.9. The van der Waals surface area contributed by atoms with Crippen molar-refractivity contribution in [2.24, 2.45) is 5.92 Å². The lowest BCUT2D eigenvalue weighted by Gasteiger charge is -2.23. The molecule has 1 amide bonds. The van der Waals surface area contributed by atoms with Gasteiger partial charge in [-0.15, -0.1) is 0 Å². The van der Waals surface area contributed by atoms with Crippen molar-refractivity contribution in [2.45, 2.75) is 25.4 Å². The third-order valence-corrected chi connectivity index (χ3v) is 2.28. The lowest BCUT2D eigenvalue weighted by Crippen LogP contribution is -2.35. The molecule has 0 saturated carbocycles. The van der Waals surface area contributed by atoms with Gasteiger partial charge in [-0.1, -0.05) is 0 Å². The predicted octanol–water partition coefficient (Wildman–Crippen LogP) is -0.744. The van der Waals surface area contributed by atoms with Crippen LogP contribution in [-0.2, 0) is 4.79 Å². The molecule has 1 aliphatic heterocycles. The Labute approximate surface area is 71.6 Å². The molecule has 0 bridgehead atoms. The van der Waals surface area contributed by atoms with E-state index in [1.54, 1.807) is 0 Å². The molecule has 3 N–H and O–H groups in total. The lowest BCUT2D eigenvalue weighted by atomic mass is 9.94. The Hall–Kier alpha value is -0.610. The zero-order chi connectivity index (χ0) is 8.97. The second-order valence-electron chi connectivity index (χ2n) is 3.19. The zero-order valence-electron chi connectivity index (χ0n) is 6.99. The van der Waals surface area contributed by atoms with E-state index in [2.05, 4.69) is 5.32 Å². The Bertz CT molecular complexity index is 160. The van der Waals surface area contributed by atoms with Crippen LogP contribution >= 0.6 is 0 Å². The van der Waals surface area contributed by atoms with Crippen LogP contribution in [0.1, 0.15) is 19.3 Å². The highest BCUT2D eigenvalue weighted by Gasteiger charge is 2.21. The second-order valence-corrected chi connectivity index (χ2v) is 3.19. The van der Waals surface area contributed by atoms with Crippen LogP contribution in [-0.4, -0.2) is 35.4 Å². The van der Waals surface area contributed by atoms with Crippen LogP contribution < -0.4 is 5.32 Å². The van der Waals surface area contributed by atoms with Gasteiger partial charge >= 0.3 is 0 Å². The predicted molar refractivity (Wildman–Crippen MR) is 43.4 cm³/mol. The molecule has 70 valence electrons. The highest BCUT2D eigenvalue weighted by Crippen LogP contribution is 2.14. The Morgan fingerprint density at radius 3 is 2.92 bits per heavy atom. The molecular weight excluding hydrogens is 158 g/mol. The maximum atomic E-state index is 10.9. The van der Waals surface area contributed by atoms with Crippen LogP contribution in [0.3, 0.4) is 0 Å². The number of carbonyl (C=O) groups excluding carboxylic acids is 1. The van der Waals surface area contributed by atoms with Crippen molar-refractivity contribution in [3.8, 4) is 0 Å². The normalized spacial score (nSPS) is 32.0. The summed E-state index contributed by atoms with van der Waals surface area (Å²) in [6.07, 6.45) is 0.944. The monoisotopic (exact) mass is 173 g/mol. The van der Waals surface area contributed by atoms with Gasteiger partial charge in [0.25, 0.3) is 0 Å². The third-order valence-electron chi connectivity index (χ3n) is 2.28. The molecule has 0 aromatic heterocycles. The van der Waals surface area contributed by atoms with Gasteiger partial charge in [-0.05, 0) is 12.8 Å². The van der Waals surface area contributed by atoms with Crippen LogP contribution in [0, 0.1) is 5.92 Å². The molecule has 1 rings (SSSR count). The van der Waals surface area contributed by atoms with E-state index in [4.69, 9.17) is 5.11 Å². The fraction of sp³-hybridized carbons (Fsp3) is 0.875. The Balaban J connectivity index is 2.43. The molecule has 0 aromatic carbocycles. The van der Waals surface area contributed by atoms with Crippen molar-refractivity contribution in [1.29, 1.82) is 0 Å². The number of carbonyl (C=O) groups is 1. The van der Waals surface area contributed by atoms with Gasteiger partial charge in [-0.3, -0.25) is 4.79 Å². The SMILES string of the molecule is O=C1CC[C@@H](O)[C@H](CO)CCN1. The Kier molecular flexibility index (Phi) is 3.49. The number of nitrogens with one attached hydrogen (secondary N) is 1. The number of hydrogen-bond acceptors (Lipinski definition) is 3. The average molecular weight is 173 g/mol. The molecule has 12 heavy (non-hydrogen) atoms.